The van der Waals surface area contributed by atoms with Crippen molar-refractivity contribution in [3.05, 3.63) is 0 Å². The van der Waals surface area contributed by atoms with E-state index in [9.17, 15) is 9.59 Å². The van der Waals surface area contributed by atoms with Gasteiger partial charge in [-0.1, -0.05) is 19.8 Å². The van der Waals surface area contributed by atoms with E-state index >= 15 is 0 Å². The summed E-state index contributed by atoms with van der Waals surface area (Å²) in [6, 6.07) is 0.253. The average Bonchev–Trinajstić information content (AvgIpc) is 2.37. The molecule has 1 aliphatic heterocycles. The van der Waals surface area contributed by atoms with E-state index in [-0.39, 0.29) is 30.3 Å². The van der Waals surface area contributed by atoms with Gasteiger partial charge in [0.25, 0.3) is 0 Å². The minimum atomic E-state index is -0.360. The standard InChI is InChI=1S/C13H23N3O2/c1-2-7-14-12(17)8-11-13(18)16-10-6-4-3-5-9(10)15-11/h9-11,15H,2-8H2,1H3,(H,14,17)(H,16,18)/t9-,10+,11-/m1/s1. The maximum absolute atomic E-state index is 11.9. The Labute approximate surface area is 108 Å². The van der Waals surface area contributed by atoms with Gasteiger partial charge in [-0.3, -0.25) is 9.59 Å². The molecule has 1 heterocycles. The smallest absolute Gasteiger partial charge is 0.237 e. The molecule has 3 atom stereocenters. The molecule has 0 spiro atoms. The third-order valence-electron chi connectivity index (χ3n) is 3.79. The van der Waals surface area contributed by atoms with Crippen molar-refractivity contribution in [2.75, 3.05) is 6.54 Å². The Morgan fingerprint density at radius 2 is 2.06 bits per heavy atom. The number of piperazine rings is 1. The van der Waals surface area contributed by atoms with Crippen LogP contribution in [0.5, 0.6) is 0 Å². The first kappa shape index (κ1) is 13.3. The van der Waals surface area contributed by atoms with Crippen LogP contribution in [0.1, 0.15) is 45.4 Å². The molecule has 2 amide bonds. The van der Waals surface area contributed by atoms with Crippen LogP contribution in [-0.2, 0) is 9.59 Å². The molecule has 3 N–H and O–H groups in total. The molecule has 1 aliphatic carbocycles. The zero-order valence-electron chi connectivity index (χ0n) is 11.0. The first-order valence-corrected chi connectivity index (χ1v) is 7.04. The van der Waals surface area contributed by atoms with Crippen LogP contribution in [-0.4, -0.2) is 36.5 Å². The number of carbonyl (C=O) groups is 2. The van der Waals surface area contributed by atoms with Gasteiger partial charge in [0.2, 0.25) is 11.8 Å². The monoisotopic (exact) mass is 253 g/mol. The Kier molecular flexibility index (Phi) is 4.58. The zero-order chi connectivity index (χ0) is 13.0. The third kappa shape index (κ3) is 3.22. The Bertz CT molecular complexity index is 319. The number of rotatable bonds is 4. The SMILES string of the molecule is CCCNC(=O)C[C@H]1N[C@@H]2CCCC[C@@H]2NC1=O. The zero-order valence-corrected chi connectivity index (χ0v) is 11.0. The van der Waals surface area contributed by atoms with Gasteiger partial charge in [0, 0.05) is 18.6 Å². The highest BCUT2D eigenvalue weighted by molar-refractivity contribution is 5.89. The topological polar surface area (TPSA) is 70.2 Å². The maximum Gasteiger partial charge on any atom is 0.237 e. The van der Waals surface area contributed by atoms with Crippen LogP contribution in [0.3, 0.4) is 0 Å². The molecule has 0 aromatic carbocycles. The molecule has 18 heavy (non-hydrogen) atoms. The van der Waals surface area contributed by atoms with Crippen LogP contribution < -0.4 is 16.0 Å². The number of carbonyl (C=O) groups excluding carboxylic acids is 2. The first-order valence-electron chi connectivity index (χ1n) is 7.04. The molecule has 102 valence electrons. The number of nitrogens with one attached hydrogen (secondary N) is 3. The van der Waals surface area contributed by atoms with E-state index in [1.165, 1.54) is 12.8 Å². The molecule has 5 heteroatoms. The predicted molar refractivity (Wildman–Crippen MR) is 69.0 cm³/mol. The minimum Gasteiger partial charge on any atom is -0.356 e. The fourth-order valence-electron chi connectivity index (χ4n) is 2.79. The number of hydrogen-bond donors (Lipinski definition) is 3. The molecule has 0 unspecified atom stereocenters. The van der Waals surface area contributed by atoms with Crippen molar-refractivity contribution in [3.63, 3.8) is 0 Å². The minimum absolute atomic E-state index is 0.0233. The van der Waals surface area contributed by atoms with E-state index in [1.54, 1.807) is 0 Å². The molecule has 1 saturated carbocycles. The van der Waals surface area contributed by atoms with Crippen molar-refractivity contribution >= 4 is 11.8 Å². The molecule has 0 radical (unpaired) electrons. The van der Waals surface area contributed by atoms with Crippen LogP contribution in [0.4, 0.5) is 0 Å². The predicted octanol–water partition coefficient (Wildman–Crippen LogP) is 0.302. The van der Waals surface area contributed by atoms with Crippen LogP contribution in [0.2, 0.25) is 0 Å². The van der Waals surface area contributed by atoms with Crippen LogP contribution in [0.25, 0.3) is 0 Å². The molecular weight excluding hydrogens is 230 g/mol. The van der Waals surface area contributed by atoms with Crippen molar-refractivity contribution in [1.82, 2.24) is 16.0 Å². The van der Waals surface area contributed by atoms with Gasteiger partial charge in [0.1, 0.15) is 0 Å². The van der Waals surface area contributed by atoms with Gasteiger partial charge in [-0.15, -0.1) is 0 Å². The van der Waals surface area contributed by atoms with E-state index in [0.29, 0.717) is 12.6 Å². The Morgan fingerprint density at radius 1 is 1.33 bits per heavy atom. The fourth-order valence-corrected chi connectivity index (χ4v) is 2.79. The van der Waals surface area contributed by atoms with Crippen LogP contribution in [0, 0.1) is 0 Å². The lowest BCUT2D eigenvalue weighted by Crippen LogP contribution is -2.65. The third-order valence-corrected chi connectivity index (χ3v) is 3.79. The maximum atomic E-state index is 11.9. The number of amides is 2. The van der Waals surface area contributed by atoms with Crippen LogP contribution in [0.15, 0.2) is 0 Å². The molecule has 2 aliphatic rings. The Hall–Kier alpha value is -1.10. The van der Waals surface area contributed by atoms with E-state index in [2.05, 4.69) is 16.0 Å². The summed E-state index contributed by atoms with van der Waals surface area (Å²) < 4.78 is 0. The molecular formula is C13H23N3O2. The molecule has 2 rings (SSSR count). The summed E-state index contributed by atoms with van der Waals surface area (Å²) >= 11 is 0. The number of fused-ring (bicyclic) bond motifs is 1. The average molecular weight is 253 g/mol. The molecule has 0 aromatic rings. The Morgan fingerprint density at radius 3 is 2.78 bits per heavy atom. The van der Waals surface area contributed by atoms with Gasteiger partial charge in [-0.2, -0.15) is 0 Å². The summed E-state index contributed by atoms with van der Waals surface area (Å²) in [4.78, 5) is 23.5. The normalized spacial score (nSPS) is 31.4. The summed E-state index contributed by atoms with van der Waals surface area (Å²) in [6.45, 7) is 2.69. The van der Waals surface area contributed by atoms with Crippen molar-refractivity contribution in [3.8, 4) is 0 Å². The fraction of sp³-hybridized carbons (Fsp3) is 0.846. The van der Waals surface area contributed by atoms with Gasteiger partial charge in [0.15, 0.2) is 0 Å². The molecule has 1 saturated heterocycles. The van der Waals surface area contributed by atoms with Crippen molar-refractivity contribution in [1.29, 1.82) is 0 Å². The summed E-state index contributed by atoms with van der Waals surface area (Å²) in [6.07, 6.45) is 5.70. The van der Waals surface area contributed by atoms with Crippen molar-refractivity contribution in [2.24, 2.45) is 0 Å². The van der Waals surface area contributed by atoms with Gasteiger partial charge < -0.3 is 16.0 Å². The summed E-state index contributed by atoms with van der Waals surface area (Å²) in [7, 11) is 0. The quantitative estimate of drug-likeness (QED) is 0.675. The van der Waals surface area contributed by atoms with E-state index in [0.717, 1.165) is 19.3 Å². The summed E-state index contributed by atoms with van der Waals surface area (Å²) in [5.74, 6) is -0.0662. The summed E-state index contributed by atoms with van der Waals surface area (Å²) in [5.41, 5.74) is 0. The highest BCUT2D eigenvalue weighted by Gasteiger charge is 2.36. The lowest BCUT2D eigenvalue weighted by molar-refractivity contribution is -0.131. The first-order chi connectivity index (χ1) is 8.70. The lowest BCUT2D eigenvalue weighted by Gasteiger charge is -2.40. The molecule has 0 bridgehead atoms. The largest absolute Gasteiger partial charge is 0.356 e. The molecule has 5 nitrogen and oxygen atoms in total. The summed E-state index contributed by atoms with van der Waals surface area (Å²) in [5, 5.41) is 9.20. The second kappa shape index (κ2) is 6.18. The highest BCUT2D eigenvalue weighted by Crippen LogP contribution is 2.22. The van der Waals surface area contributed by atoms with E-state index < -0.39 is 0 Å². The second-order valence-corrected chi connectivity index (χ2v) is 5.28. The molecule has 0 aromatic heterocycles. The lowest BCUT2D eigenvalue weighted by atomic mass is 9.87. The Balaban J connectivity index is 1.85. The molecule has 2 fully saturated rings. The van der Waals surface area contributed by atoms with Crippen molar-refractivity contribution in [2.45, 2.75) is 63.6 Å². The van der Waals surface area contributed by atoms with Gasteiger partial charge in [0.05, 0.1) is 12.5 Å². The van der Waals surface area contributed by atoms with E-state index in [1.807, 2.05) is 6.92 Å². The number of hydrogen-bond acceptors (Lipinski definition) is 3. The highest BCUT2D eigenvalue weighted by atomic mass is 16.2. The van der Waals surface area contributed by atoms with Crippen molar-refractivity contribution < 1.29 is 9.59 Å². The second-order valence-electron chi connectivity index (χ2n) is 5.28. The van der Waals surface area contributed by atoms with Gasteiger partial charge in [-0.05, 0) is 19.3 Å². The van der Waals surface area contributed by atoms with Gasteiger partial charge >= 0.3 is 0 Å². The van der Waals surface area contributed by atoms with Crippen LogP contribution >= 0.6 is 0 Å². The van der Waals surface area contributed by atoms with E-state index in [4.69, 9.17) is 0 Å². The van der Waals surface area contributed by atoms with Gasteiger partial charge in [-0.25, -0.2) is 0 Å².